The quantitative estimate of drug-likeness (QED) is 0.534. The van der Waals surface area contributed by atoms with Crippen LogP contribution in [0, 0.1) is 11.8 Å². The Kier molecular flexibility index (Phi) is 1.28. The molecule has 2 heteroatoms. The Morgan fingerprint density at radius 3 is 2.20 bits per heavy atom. The van der Waals surface area contributed by atoms with Gasteiger partial charge in [0.15, 0.2) is 0 Å². The van der Waals surface area contributed by atoms with E-state index in [2.05, 4.69) is 18.7 Å². The summed E-state index contributed by atoms with van der Waals surface area (Å²) in [5.74, 6) is 0.810. The number of alkyl halides is 1. The zero-order chi connectivity index (χ0) is 7.30. The average Bonchev–Trinajstić information content (AvgIpc) is 2.38. The van der Waals surface area contributed by atoms with Gasteiger partial charge in [0.2, 0.25) is 0 Å². The van der Waals surface area contributed by atoms with Gasteiger partial charge in [-0.25, -0.2) is 4.39 Å². The van der Waals surface area contributed by atoms with Gasteiger partial charge in [-0.1, -0.05) is 0 Å². The van der Waals surface area contributed by atoms with Crippen molar-refractivity contribution in [2.45, 2.75) is 26.1 Å². The minimum Gasteiger partial charge on any atom is -0.300 e. The molecule has 0 spiro atoms. The van der Waals surface area contributed by atoms with Gasteiger partial charge in [-0.3, -0.25) is 0 Å². The molecular formula is C8H14FN. The third kappa shape index (κ3) is 0.782. The van der Waals surface area contributed by atoms with Crippen LogP contribution in [0.15, 0.2) is 0 Å². The van der Waals surface area contributed by atoms with Gasteiger partial charge in [0, 0.05) is 31.0 Å². The fraction of sp³-hybridized carbons (Fsp3) is 1.00. The number of hydrogen-bond acceptors (Lipinski definition) is 1. The van der Waals surface area contributed by atoms with E-state index < -0.39 is 6.17 Å². The van der Waals surface area contributed by atoms with E-state index in [0.717, 1.165) is 13.1 Å². The second-order valence-electron chi connectivity index (χ2n) is 3.82. The average molecular weight is 143 g/mol. The van der Waals surface area contributed by atoms with Crippen LogP contribution in [-0.4, -0.2) is 30.2 Å². The van der Waals surface area contributed by atoms with Crippen LogP contribution in [0.2, 0.25) is 0 Å². The van der Waals surface area contributed by atoms with Crippen molar-refractivity contribution in [3.63, 3.8) is 0 Å². The molecule has 58 valence electrons. The Hall–Kier alpha value is -0.110. The van der Waals surface area contributed by atoms with Crippen molar-refractivity contribution in [3.8, 4) is 0 Å². The lowest BCUT2D eigenvalue weighted by Gasteiger charge is -2.21. The summed E-state index contributed by atoms with van der Waals surface area (Å²) in [5, 5.41) is 0. The summed E-state index contributed by atoms with van der Waals surface area (Å²) in [4.78, 5) is 2.37. The zero-order valence-corrected chi connectivity index (χ0v) is 6.55. The van der Waals surface area contributed by atoms with E-state index in [1.807, 2.05) is 0 Å². The molecule has 0 amide bonds. The zero-order valence-electron chi connectivity index (χ0n) is 6.55. The predicted molar refractivity (Wildman–Crippen MR) is 38.6 cm³/mol. The lowest BCUT2D eigenvalue weighted by atomic mass is 10.3. The highest BCUT2D eigenvalue weighted by Gasteiger charge is 2.56. The number of fused-ring (bicyclic) bond motifs is 1. The highest BCUT2D eigenvalue weighted by Crippen LogP contribution is 2.48. The normalized spacial score (nSPS) is 46.2. The molecule has 1 heterocycles. The summed E-state index contributed by atoms with van der Waals surface area (Å²) >= 11 is 0. The molecule has 2 aliphatic rings. The molecule has 0 N–H and O–H groups in total. The molecule has 0 bridgehead atoms. The minimum atomic E-state index is -0.449. The Bertz CT molecular complexity index is 134. The molecule has 1 saturated carbocycles. The van der Waals surface area contributed by atoms with E-state index in [1.54, 1.807) is 0 Å². The third-order valence-electron chi connectivity index (χ3n) is 2.85. The smallest absolute Gasteiger partial charge is 0.109 e. The van der Waals surface area contributed by atoms with Crippen molar-refractivity contribution < 1.29 is 4.39 Å². The van der Waals surface area contributed by atoms with Crippen molar-refractivity contribution in [1.29, 1.82) is 0 Å². The molecule has 1 aliphatic carbocycles. The van der Waals surface area contributed by atoms with Crippen molar-refractivity contribution in [1.82, 2.24) is 4.90 Å². The molecule has 1 saturated heterocycles. The van der Waals surface area contributed by atoms with Crippen LogP contribution in [0.4, 0.5) is 4.39 Å². The maximum Gasteiger partial charge on any atom is 0.109 e. The van der Waals surface area contributed by atoms with Crippen LogP contribution in [0.3, 0.4) is 0 Å². The fourth-order valence-corrected chi connectivity index (χ4v) is 1.91. The van der Waals surface area contributed by atoms with E-state index in [0.29, 0.717) is 17.9 Å². The number of nitrogens with zero attached hydrogens (tertiary/aromatic N) is 1. The number of halogens is 1. The molecule has 2 rings (SSSR count). The van der Waals surface area contributed by atoms with E-state index in [-0.39, 0.29) is 0 Å². The molecule has 0 radical (unpaired) electrons. The van der Waals surface area contributed by atoms with Gasteiger partial charge in [0.1, 0.15) is 6.17 Å². The molecule has 2 unspecified atom stereocenters. The summed E-state index contributed by atoms with van der Waals surface area (Å²) in [5.41, 5.74) is 0. The first kappa shape index (κ1) is 6.59. The van der Waals surface area contributed by atoms with Crippen LogP contribution in [0.25, 0.3) is 0 Å². The molecule has 10 heavy (non-hydrogen) atoms. The summed E-state index contributed by atoms with van der Waals surface area (Å²) in [6, 6.07) is 0.611. The lowest BCUT2D eigenvalue weighted by Crippen LogP contribution is -2.31. The van der Waals surface area contributed by atoms with Gasteiger partial charge in [0.05, 0.1) is 0 Å². The largest absolute Gasteiger partial charge is 0.300 e. The van der Waals surface area contributed by atoms with E-state index in [4.69, 9.17) is 0 Å². The van der Waals surface area contributed by atoms with Gasteiger partial charge in [-0.05, 0) is 13.8 Å². The van der Waals surface area contributed by atoms with E-state index in [9.17, 15) is 4.39 Å². The van der Waals surface area contributed by atoms with Crippen molar-refractivity contribution in [2.24, 2.45) is 11.8 Å². The Labute approximate surface area is 61.2 Å². The second-order valence-corrected chi connectivity index (χ2v) is 3.82. The molecule has 0 aromatic rings. The number of rotatable bonds is 1. The Morgan fingerprint density at radius 2 is 1.80 bits per heavy atom. The highest BCUT2D eigenvalue weighted by atomic mass is 19.1. The summed E-state index contributed by atoms with van der Waals surface area (Å²) in [6.45, 7) is 6.36. The lowest BCUT2D eigenvalue weighted by molar-refractivity contribution is 0.218. The van der Waals surface area contributed by atoms with Crippen LogP contribution >= 0.6 is 0 Å². The Balaban J connectivity index is 1.89. The maximum absolute atomic E-state index is 12.6. The molecule has 2 atom stereocenters. The molecule has 2 fully saturated rings. The van der Waals surface area contributed by atoms with Crippen LogP contribution in [0.1, 0.15) is 13.8 Å². The first-order chi connectivity index (χ1) is 4.70. The molecule has 0 aromatic heterocycles. The standard InChI is InChI=1S/C8H14FN/c1-5(2)10-3-6-7(4-10)8(6)9/h5-8H,3-4H2,1-2H3. The van der Waals surface area contributed by atoms with Gasteiger partial charge < -0.3 is 4.90 Å². The van der Waals surface area contributed by atoms with Crippen LogP contribution < -0.4 is 0 Å². The van der Waals surface area contributed by atoms with Crippen molar-refractivity contribution >= 4 is 0 Å². The topological polar surface area (TPSA) is 3.24 Å². The highest BCUT2D eigenvalue weighted by molar-refractivity contribution is 5.06. The molecule has 1 aliphatic heterocycles. The fourth-order valence-electron chi connectivity index (χ4n) is 1.91. The third-order valence-corrected chi connectivity index (χ3v) is 2.85. The maximum atomic E-state index is 12.6. The van der Waals surface area contributed by atoms with Gasteiger partial charge in [-0.15, -0.1) is 0 Å². The number of likely N-dealkylation sites (tertiary alicyclic amines) is 1. The van der Waals surface area contributed by atoms with Crippen LogP contribution in [0.5, 0.6) is 0 Å². The first-order valence-corrected chi connectivity index (χ1v) is 4.08. The van der Waals surface area contributed by atoms with E-state index >= 15 is 0 Å². The Morgan fingerprint density at radius 1 is 1.30 bits per heavy atom. The van der Waals surface area contributed by atoms with Gasteiger partial charge >= 0.3 is 0 Å². The summed E-state index contributed by atoms with van der Waals surface area (Å²) in [7, 11) is 0. The van der Waals surface area contributed by atoms with E-state index in [1.165, 1.54) is 0 Å². The summed E-state index contributed by atoms with van der Waals surface area (Å²) < 4.78 is 12.6. The predicted octanol–water partition coefficient (Wildman–Crippen LogP) is 1.29. The monoisotopic (exact) mass is 143 g/mol. The van der Waals surface area contributed by atoms with Crippen molar-refractivity contribution in [2.75, 3.05) is 13.1 Å². The number of piperidine rings is 1. The van der Waals surface area contributed by atoms with Gasteiger partial charge in [0.25, 0.3) is 0 Å². The van der Waals surface area contributed by atoms with Crippen LogP contribution in [-0.2, 0) is 0 Å². The minimum absolute atomic E-state index is 0.405. The first-order valence-electron chi connectivity index (χ1n) is 4.08. The summed E-state index contributed by atoms with van der Waals surface area (Å²) in [6.07, 6.45) is -0.449. The molecule has 1 nitrogen and oxygen atoms in total. The van der Waals surface area contributed by atoms with Crippen molar-refractivity contribution in [3.05, 3.63) is 0 Å². The number of hydrogen-bond donors (Lipinski definition) is 0. The molecular weight excluding hydrogens is 129 g/mol. The SMILES string of the molecule is CC(C)N1CC2C(F)C2C1. The second kappa shape index (κ2) is 1.94. The van der Waals surface area contributed by atoms with Gasteiger partial charge in [-0.2, -0.15) is 0 Å². The molecule has 0 aromatic carbocycles.